The normalized spacial score (nSPS) is 18.2. The van der Waals surface area contributed by atoms with Crippen LogP contribution in [0.5, 0.6) is 0 Å². The lowest BCUT2D eigenvalue weighted by molar-refractivity contribution is -0.139. The van der Waals surface area contributed by atoms with E-state index < -0.39 is 23.7 Å². The maximum absolute atomic E-state index is 12.8. The lowest BCUT2D eigenvalue weighted by Crippen LogP contribution is -2.43. The Balaban J connectivity index is 1.73. The fourth-order valence-corrected chi connectivity index (χ4v) is 4.42. The molecule has 8 heteroatoms. The fraction of sp³-hybridized carbons (Fsp3) is 0.520. The Bertz CT molecular complexity index is 1090. The topological polar surface area (TPSA) is 97.5 Å². The summed E-state index contributed by atoms with van der Waals surface area (Å²) in [7, 11) is 1.32. The molecule has 0 radical (unpaired) electrons. The van der Waals surface area contributed by atoms with Gasteiger partial charge in [0.1, 0.15) is 5.60 Å². The zero-order chi connectivity index (χ0) is 23.8. The molecule has 1 aliphatic carbocycles. The number of nitriles is 1. The lowest BCUT2D eigenvalue weighted by Gasteiger charge is -2.33. The summed E-state index contributed by atoms with van der Waals surface area (Å²) in [6.45, 7) is 5.69. The molecule has 4 rings (SSSR count). The van der Waals surface area contributed by atoms with Crippen LogP contribution in [-0.4, -0.2) is 46.0 Å². The highest BCUT2D eigenvalue weighted by molar-refractivity contribution is 5.74. The molecule has 1 amide bonds. The molecule has 1 aromatic carbocycles. The summed E-state index contributed by atoms with van der Waals surface area (Å²) in [4.78, 5) is 26.4. The van der Waals surface area contributed by atoms with Crippen LogP contribution in [-0.2, 0) is 27.1 Å². The number of hydrogen-bond acceptors (Lipinski definition) is 6. The Morgan fingerprint density at radius 2 is 1.91 bits per heavy atom. The van der Waals surface area contributed by atoms with Crippen LogP contribution in [0.2, 0.25) is 0 Å². The molecule has 0 N–H and O–H groups in total. The highest BCUT2D eigenvalue weighted by atomic mass is 16.6. The standard InChI is InChI=1S/C25H30N4O4/c1-25(2,3)33-24(31)28-13-12-20-23(21(28)15-26)19(14-22(30)32-4)27-29(20)18-10-8-17(9-11-18)16-6-5-7-16/h8-11,16,21H,5-7,12-14H2,1-4H3. The summed E-state index contributed by atoms with van der Waals surface area (Å²) >= 11 is 0. The van der Waals surface area contributed by atoms with Gasteiger partial charge in [0.15, 0.2) is 6.04 Å². The summed E-state index contributed by atoms with van der Waals surface area (Å²) in [6, 6.07) is 9.66. The Morgan fingerprint density at radius 3 is 2.45 bits per heavy atom. The number of esters is 1. The smallest absolute Gasteiger partial charge is 0.411 e. The zero-order valence-electron chi connectivity index (χ0n) is 19.6. The first-order chi connectivity index (χ1) is 15.7. The molecule has 0 saturated heterocycles. The average molecular weight is 451 g/mol. The Morgan fingerprint density at radius 1 is 1.21 bits per heavy atom. The van der Waals surface area contributed by atoms with Crippen molar-refractivity contribution < 1.29 is 19.1 Å². The number of ether oxygens (including phenoxy) is 2. The molecule has 0 bridgehead atoms. The first-order valence-corrected chi connectivity index (χ1v) is 11.4. The summed E-state index contributed by atoms with van der Waals surface area (Å²) in [5.74, 6) is 0.180. The number of benzene rings is 1. The van der Waals surface area contributed by atoms with Crippen molar-refractivity contribution in [2.75, 3.05) is 13.7 Å². The highest BCUT2D eigenvalue weighted by Crippen LogP contribution is 2.38. The third-order valence-electron chi connectivity index (χ3n) is 6.28. The fourth-order valence-electron chi connectivity index (χ4n) is 4.42. The molecule has 1 atom stereocenters. The number of hydrogen-bond donors (Lipinski definition) is 0. The summed E-state index contributed by atoms with van der Waals surface area (Å²) < 4.78 is 12.2. The number of amides is 1. The van der Waals surface area contributed by atoms with E-state index in [1.807, 2.05) is 12.1 Å². The quantitative estimate of drug-likeness (QED) is 0.647. The minimum atomic E-state index is -0.897. The predicted octanol–water partition coefficient (Wildman–Crippen LogP) is 4.21. The van der Waals surface area contributed by atoms with Gasteiger partial charge in [0.25, 0.3) is 0 Å². The molecule has 2 aromatic rings. The molecule has 2 aliphatic rings. The lowest BCUT2D eigenvalue weighted by atomic mass is 9.80. The van der Waals surface area contributed by atoms with Gasteiger partial charge in [-0.3, -0.25) is 9.69 Å². The van der Waals surface area contributed by atoms with E-state index in [0.29, 0.717) is 30.1 Å². The van der Waals surface area contributed by atoms with E-state index >= 15 is 0 Å². The van der Waals surface area contributed by atoms with Gasteiger partial charge >= 0.3 is 12.1 Å². The van der Waals surface area contributed by atoms with Gasteiger partial charge in [-0.1, -0.05) is 18.6 Å². The van der Waals surface area contributed by atoms with E-state index in [1.54, 1.807) is 25.5 Å². The van der Waals surface area contributed by atoms with Crippen molar-refractivity contribution in [3.05, 3.63) is 46.8 Å². The van der Waals surface area contributed by atoms with Crippen molar-refractivity contribution in [3.8, 4) is 11.8 Å². The molecule has 2 heterocycles. The first kappa shape index (κ1) is 22.8. The number of methoxy groups -OCH3 is 1. The third kappa shape index (κ3) is 4.58. The minimum Gasteiger partial charge on any atom is -0.469 e. The molecule has 174 valence electrons. The van der Waals surface area contributed by atoms with Crippen LogP contribution in [0.4, 0.5) is 4.79 Å². The second kappa shape index (κ2) is 8.89. The number of fused-ring (bicyclic) bond motifs is 1. The second-order valence-corrected chi connectivity index (χ2v) is 9.65. The summed E-state index contributed by atoms with van der Waals surface area (Å²) in [5.41, 5.74) is 3.37. The molecular formula is C25H30N4O4. The highest BCUT2D eigenvalue weighted by Gasteiger charge is 2.39. The summed E-state index contributed by atoms with van der Waals surface area (Å²) in [5, 5.41) is 14.7. The van der Waals surface area contributed by atoms with Gasteiger partial charge in [-0.05, 0) is 57.2 Å². The van der Waals surface area contributed by atoms with E-state index in [0.717, 1.165) is 11.4 Å². The molecule has 1 aromatic heterocycles. The van der Waals surface area contributed by atoms with Crippen LogP contribution in [0, 0.1) is 11.3 Å². The Kier molecular flexibility index (Phi) is 6.15. The first-order valence-electron chi connectivity index (χ1n) is 11.4. The molecule has 0 spiro atoms. The van der Waals surface area contributed by atoms with Crippen molar-refractivity contribution in [2.24, 2.45) is 0 Å². The molecule has 1 aliphatic heterocycles. The van der Waals surface area contributed by atoms with Crippen LogP contribution >= 0.6 is 0 Å². The van der Waals surface area contributed by atoms with Gasteiger partial charge in [0.2, 0.25) is 0 Å². The largest absolute Gasteiger partial charge is 0.469 e. The molecular weight excluding hydrogens is 420 g/mol. The monoisotopic (exact) mass is 450 g/mol. The predicted molar refractivity (Wildman–Crippen MR) is 121 cm³/mol. The van der Waals surface area contributed by atoms with Gasteiger partial charge < -0.3 is 9.47 Å². The van der Waals surface area contributed by atoms with Crippen LogP contribution in [0.1, 0.15) is 74.5 Å². The number of nitrogens with zero attached hydrogens (tertiary/aromatic N) is 4. The van der Waals surface area contributed by atoms with Crippen LogP contribution in [0.15, 0.2) is 24.3 Å². The van der Waals surface area contributed by atoms with Gasteiger partial charge in [0, 0.05) is 18.5 Å². The van der Waals surface area contributed by atoms with Gasteiger partial charge in [0.05, 0.1) is 36.7 Å². The van der Waals surface area contributed by atoms with Crippen molar-refractivity contribution in [2.45, 2.75) is 70.4 Å². The zero-order valence-corrected chi connectivity index (χ0v) is 19.6. The molecule has 1 saturated carbocycles. The summed E-state index contributed by atoms with van der Waals surface area (Å²) in [6.07, 6.45) is 3.59. The maximum Gasteiger partial charge on any atom is 0.411 e. The molecule has 1 unspecified atom stereocenters. The van der Waals surface area contributed by atoms with Gasteiger partial charge in [-0.2, -0.15) is 10.4 Å². The van der Waals surface area contributed by atoms with Gasteiger partial charge in [-0.25, -0.2) is 9.48 Å². The number of rotatable bonds is 4. The van der Waals surface area contributed by atoms with E-state index in [1.165, 1.54) is 36.8 Å². The number of aromatic nitrogens is 2. The van der Waals surface area contributed by atoms with Crippen molar-refractivity contribution >= 4 is 12.1 Å². The maximum atomic E-state index is 12.8. The molecule has 1 fully saturated rings. The molecule has 8 nitrogen and oxygen atoms in total. The number of carbonyl (C=O) groups excluding carboxylic acids is 2. The third-order valence-corrected chi connectivity index (χ3v) is 6.28. The Labute approximate surface area is 194 Å². The Hall–Kier alpha value is -3.34. The van der Waals surface area contributed by atoms with Crippen molar-refractivity contribution in [3.63, 3.8) is 0 Å². The minimum absolute atomic E-state index is 0.0771. The van der Waals surface area contributed by atoms with Crippen LogP contribution in [0.3, 0.4) is 0 Å². The van der Waals surface area contributed by atoms with Crippen LogP contribution in [0.25, 0.3) is 5.69 Å². The number of carbonyl (C=O) groups is 2. The molecule has 33 heavy (non-hydrogen) atoms. The average Bonchev–Trinajstić information content (AvgIpc) is 3.09. The SMILES string of the molecule is COC(=O)Cc1nn(-c2ccc(C3CCC3)cc2)c2c1C(C#N)N(C(=O)OC(C)(C)C)CC2. The van der Waals surface area contributed by atoms with E-state index in [2.05, 4.69) is 18.2 Å². The van der Waals surface area contributed by atoms with Crippen molar-refractivity contribution in [1.82, 2.24) is 14.7 Å². The van der Waals surface area contributed by atoms with Crippen molar-refractivity contribution in [1.29, 1.82) is 5.26 Å². The van der Waals surface area contributed by atoms with Gasteiger partial charge in [-0.15, -0.1) is 0 Å². The van der Waals surface area contributed by atoms with E-state index in [-0.39, 0.29) is 6.42 Å². The van der Waals surface area contributed by atoms with Crippen LogP contribution < -0.4 is 0 Å². The van der Waals surface area contributed by atoms with E-state index in [9.17, 15) is 14.9 Å². The van der Waals surface area contributed by atoms with E-state index in [4.69, 9.17) is 14.6 Å². The second-order valence-electron chi connectivity index (χ2n) is 9.65.